The highest BCUT2D eigenvalue weighted by Crippen LogP contribution is 2.45. The van der Waals surface area contributed by atoms with E-state index in [1.54, 1.807) is 75.4 Å². The van der Waals surface area contributed by atoms with Gasteiger partial charge in [-0.25, -0.2) is 10.4 Å². The van der Waals surface area contributed by atoms with Crippen molar-refractivity contribution in [3.05, 3.63) is 98.5 Å². The van der Waals surface area contributed by atoms with Crippen LogP contribution in [-0.2, 0) is 25.6 Å². The molecular weight excluding hydrogens is 641 g/mol. The molecule has 240 valence electrons. The van der Waals surface area contributed by atoms with E-state index in [1.165, 1.54) is 0 Å². The first-order valence-corrected chi connectivity index (χ1v) is 15.6. The van der Waals surface area contributed by atoms with Gasteiger partial charge in [-0.3, -0.25) is 15.0 Å². The average Bonchev–Trinajstić information content (AvgIpc) is 3.37. The number of hydrogen-bond acceptors (Lipinski definition) is 8. The first-order chi connectivity index (χ1) is 21.4. The second-order valence-corrected chi connectivity index (χ2v) is 12.8. The summed E-state index contributed by atoms with van der Waals surface area (Å²) in [4.78, 5) is 32.0. The molecule has 4 rings (SSSR count). The van der Waals surface area contributed by atoms with Crippen LogP contribution in [0.1, 0.15) is 62.8 Å². The third-order valence-electron chi connectivity index (χ3n) is 6.81. The number of esters is 1. The number of nitrogens with zero attached hydrogens (tertiary/aromatic N) is 1. The van der Waals surface area contributed by atoms with Crippen LogP contribution < -0.4 is 15.6 Å². The largest absolute Gasteiger partial charge is 0.494 e. The Hall–Kier alpha value is -3.34. The number of carbonyl (C=O) groups excluding carboxylic acids is 2. The van der Waals surface area contributed by atoms with E-state index < -0.39 is 29.1 Å². The van der Waals surface area contributed by atoms with Crippen molar-refractivity contribution in [2.45, 2.75) is 63.8 Å². The SMILES string of the molecule is CC(C)(C)OC(=O)CC[C@]1(C(=O)NNCc2ccc(Cl)cc2)N=C(c2ccc(OCCCO)cc2)O[C@H]1c1ccc(Cl)cc1Cl. The number of carbonyl (C=O) groups is 2. The number of halogens is 3. The number of hydrogen-bond donors (Lipinski definition) is 3. The van der Waals surface area contributed by atoms with Gasteiger partial charge in [0.2, 0.25) is 5.90 Å². The van der Waals surface area contributed by atoms with Gasteiger partial charge in [0.15, 0.2) is 11.6 Å². The number of ether oxygens (including phenoxy) is 3. The minimum atomic E-state index is -1.63. The maximum Gasteiger partial charge on any atom is 0.306 e. The molecule has 12 heteroatoms. The number of aliphatic hydroxyl groups excluding tert-OH is 1. The number of aliphatic hydroxyl groups is 1. The number of rotatable bonds is 13. The van der Waals surface area contributed by atoms with Crippen molar-refractivity contribution >= 4 is 52.6 Å². The van der Waals surface area contributed by atoms with Crippen molar-refractivity contribution in [1.29, 1.82) is 0 Å². The molecule has 1 aliphatic heterocycles. The maximum absolute atomic E-state index is 14.2. The molecule has 2 atom stereocenters. The Morgan fingerprint density at radius 1 is 1.00 bits per heavy atom. The van der Waals surface area contributed by atoms with Crippen LogP contribution in [-0.4, -0.2) is 47.2 Å². The van der Waals surface area contributed by atoms with E-state index in [9.17, 15) is 9.59 Å². The number of hydrazine groups is 1. The molecule has 3 aromatic carbocycles. The lowest BCUT2D eigenvalue weighted by molar-refractivity contribution is -0.155. The number of benzene rings is 3. The second kappa shape index (κ2) is 15.3. The highest BCUT2D eigenvalue weighted by molar-refractivity contribution is 6.35. The molecule has 1 aliphatic rings. The van der Waals surface area contributed by atoms with Gasteiger partial charge in [0.1, 0.15) is 11.4 Å². The first kappa shape index (κ1) is 34.5. The molecule has 3 N–H and O–H groups in total. The first-order valence-electron chi connectivity index (χ1n) is 14.5. The van der Waals surface area contributed by atoms with Gasteiger partial charge in [0, 0.05) is 52.2 Å². The molecule has 0 saturated heterocycles. The van der Waals surface area contributed by atoms with Crippen molar-refractivity contribution in [3.8, 4) is 5.75 Å². The summed E-state index contributed by atoms with van der Waals surface area (Å²) >= 11 is 18.9. The number of amides is 1. The highest BCUT2D eigenvalue weighted by Gasteiger charge is 2.54. The summed E-state index contributed by atoms with van der Waals surface area (Å²) in [6.45, 7) is 6.01. The van der Waals surface area contributed by atoms with Crippen molar-refractivity contribution in [2.24, 2.45) is 4.99 Å². The van der Waals surface area contributed by atoms with Gasteiger partial charge in [0.05, 0.1) is 6.61 Å². The summed E-state index contributed by atoms with van der Waals surface area (Å²) in [5.41, 5.74) is 5.32. The fraction of sp³-hybridized carbons (Fsp3) is 0.364. The standard InChI is InChI=1S/C33H36Cl3N3O6/c1-32(2,3)45-28(41)15-16-33(31(42)39-37-20-21-5-9-23(34)10-6-21)29(26-14-11-24(35)19-27(26)36)44-30(38-33)22-7-12-25(13-8-22)43-18-4-17-40/h5-14,19,29,37,40H,4,15-18,20H2,1-3H3,(H,39,42)/t29-,33-/m0/s1. The van der Waals surface area contributed by atoms with E-state index in [-0.39, 0.29) is 30.4 Å². The van der Waals surface area contributed by atoms with Crippen LogP contribution in [0.3, 0.4) is 0 Å². The third-order valence-corrected chi connectivity index (χ3v) is 7.63. The predicted molar refractivity (Wildman–Crippen MR) is 175 cm³/mol. The van der Waals surface area contributed by atoms with Gasteiger partial charge in [-0.05, 0) is 81.3 Å². The smallest absolute Gasteiger partial charge is 0.306 e. The van der Waals surface area contributed by atoms with Gasteiger partial charge in [-0.15, -0.1) is 0 Å². The number of nitrogens with one attached hydrogen (secondary N) is 2. The zero-order valence-corrected chi connectivity index (χ0v) is 27.5. The monoisotopic (exact) mass is 675 g/mol. The Kier molecular flexibility index (Phi) is 11.7. The lowest BCUT2D eigenvalue weighted by Crippen LogP contribution is -2.52. The van der Waals surface area contributed by atoms with E-state index in [0.717, 1.165) is 5.56 Å². The van der Waals surface area contributed by atoms with Gasteiger partial charge in [-0.2, -0.15) is 0 Å². The molecule has 0 saturated carbocycles. The summed E-state index contributed by atoms with van der Waals surface area (Å²) in [6, 6.07) is 19.1. The molecule has 1 heterocycles. The van der Waals surface area contributed by atoms with Crippen molar-refractivity contribution in [1.82, 2.24) is 10.9 Å². The van der Waals surface area contributed by atoms with Crippen LogP contribution in [0, 0.1) is 0 Å². The Morgan fingerprint density at radius 3 is 2.33 bits per heavy atom. The van der Waals surface area contributed by atoms with E-state index in [4.69, 9.17) is 59.1 Å². The summed E-state index contributed by atoms with van der Waals surface area (Å²) in [5, 5.41) is 10.3. The molecule has 0 aliphatic carbocycles. The van der Waals surface area contributed by atoms with Gasteiger partial charge in [0.25, 0.3) is 5.91 Å². The van der Waals surface area contributed by atoms with Crippen LogP contribution in [0.25, 0.3) is 0 Å². The topological polar surface area (TPSA) is 118 Å². The molecule has 3 aromatic rings. The second-order valence-electron chi connectivity index (χ2n) is 11.5. The Balaban J connectivity index is 1.70. The molecule has 9 nitrogen and oxygen atoms in total. The predicted octanol–water partition coefficient (Wildman–Crippen LogP) is 6.61. The van der Waals surface area contributed by atoms with E-state index in [1.807, 2.05) is 12.1 Å². The quantitative estimate of drug-likeness (QED) is 0.106. The van der Waals surface area contributed by atoms with Gasteiger partial charge in [-0.1, -0.05) is 53.0 Å². The van der Waals surface area contributed by atoms with Crippen molar-refractivity contribution in [3.63, 3.8) is 0 Å². The molecule has 0 spiro atoms. The molecule has 0 aromatic heterocycles. The van der Waals surface area contributed by atoms with Crippen molar-refractivity contribution < 1.29 is 28.9 Å². The van der Waals surface area contributed by atoms with Crippen LogP contribution in [0.2, 0.25) is 15.1 Å². The normalized spacial score (nSPS) is 17.8. The molecule has 0 radical (unpaired) electrons. The lowest BCUT2D eigenvalue weighted by atomic mass is 9.83. The molecule has 1 amide bonds. The van der Waals surface area contributed by atoms with Gasteiger partial charge < -0.3 is 19.3 Å². The molecule has 45 heavy (non-hydrogen) atoms. The number of aliphatic imine (C=N–C) groups is 1. The van der Waals surface area contributed by atoms with Gasteiger partial charge >= 0.3 is 5.97 Å². The molecule has 0 unspecified atom stereocenters. The summed E-state index contributed by atoms with van der Waals surface area (Å²) in [7, 11) is 0. The van der Waals surface area contributed by atoms with E-state index in [2.05, 4.69) is 10.9 Å². The summed E-state index contributed by atoms with van der Waals surface area (Å²) in [5.74, 6) is -0.235. The molecular formula is C33H36Cl3N3O6. The summed E-state index contributed by atoms with van der Waals surface area (Å²) < 4.78 is 17.6. The van der Waals surface area contributed by atoms with E-state index in [0.29, 0.717) is 46.5 Å². The van der Waals surface area contributed by atoms with E-state index >= 15 is 0 Å². The van der Waals surface area contributed by atoms with Crippen LogP contribution >= 0.6 is 34.8 Å². The van der Waals surface area contributed by atoms with Crippen LogP contribution in [0.5, 0.6) is 5.75 Å². The lowest BCUT2D eigenvalue weighted by Gasteiger charge is -2.31. The molecule has 0 bridgehead atoms. The highest BCUT2D eigenvalue weighted by atomic mass is 35.5. The zero-order chi connectivity index (χ0) is 32.6. The Bertz CT molecular complexity index is 1510. The maximum atomic E-state index is 14.2. The van der Waals surface area contributed by atoms with Crippen LogP contribution in [0.4, 0.5) is 0 Å². The minimum Gasteiger partial charge on any atom is -0.494 e. The minimum absolute atomic E-state index is 0.0272. The van der Waals surface area contributed by atoms with Crippen LogP contribution in [0.15, 0.2) is 71.7 Å². The van der Waals surface area contributed by atoms with Crippen molar-refractivity contribution in [2.75, 3.05) is 13.2 Å². The molecule has 0 fully saturated rings. The fourth-order valence-electron chi connectivity index (χ4n) is 4.68. The fourth-order valence-corrected chi connectivity index (χ4v) is 5.32. The Labute approximate surface area is 277 Å². The average molecular weight is 677 g/mol. The Morgan fingerprint density at radius 2 is 1.69 bits per heavy atom. The zero-order valence-electron chi connectivity index (χ0n) is 25.2. The summed E-state index contributed by atoms with van der Waals surface area (Å²) in [6.07, 6.45) is -0.687. The third kappa shape index (κ3) is 9.34.